The molecule has 0 unspecified atom stereocenters. The molecule has 3 aromatic rings. The van der Waals surface area contributed by atoms with Gasteiger partial charge in [0.25, 0.3) is 5.91 Å². The normalized spacial score (nSPS) is 11.3. The second kappa shape index (κ2) is 10.1. The molecule has 0 spiro atoms. The monoisotopic (exact) mass is 388 g/mol. The first-order chi connectivity index (χ1) is 14.1. The number of amides is 1. The molecule has 0 fully saturated rings. The molecule has 0 bridgehead atoms. The van der Waals surface area contributed by atoms with Crippen molar-refractivity contribution in [3.8, 4) is 0 Å². The van der Waals surface area contributed by atoms with Crippen LogP contribution in [0.1, 0.15) is 28.8 Å². The lowest BCUT2D eigenvalue weighted by Gasteiger charge is -2.14. The molecule has 5 nitrogen and oxygen atoms in total. The van der Waals surface area contributed by atoms with Crippen molar-refractivity contribution in [1.29, 1.82) is 0 Å². The van der Waals surface area contributed by atoms with E-state index in [0.29, 0.717) is 17.8 Å². The van der Waals surface area contributed by atoms with Crippen LogP contribution >= 0.6 is 0 Å². The summed E-state index contributed by atoms with van der Waals surface area (Å²) in [6.07, 6.45) is 0. The molecule has 0 radical (unpaired) electrons. The summed E-state index contributed by atoms with van der Waals surface area (Å²) in [5.41, 5.74) is 3.01. The highest BCUT2D eigenvalue weighted by Crippen LogP contribution is 2.21. The maximum atomic E-state index is 12.5. The maximum absolute atomic E-state index is 12.5. The summed E-state index contributed by atoms with van der Waals surface area (Å²) in [6, 6.07) is 26.5. The second-order valence-corrected chi connectivity index (χ2v) is 6.73. The van der Waals surface area contributed by atoms with Gasteiger partial charge in [0, 0.05) is 12.2 Å². The van der Waals surface area contributed by atoms with Gasteiger partial charge in [0.15, 0.2) is 6.61 Å². The Kier molecular flexibility index (Phi) is 7.00. The van der Waals surface area contributed by atoms with Crippen molar-refractivity contribution >= 4 is 23.3 Å². The minimum absolute atomic E-state index is 0.173. The number of rotatable bonds is 8. The molecule has 0 saturated carbocycles. The van der Waals surface area contributed by atoms with Gasteiger partial charge in [-0.2, -0.15) is 0 Å². The van der Waals surface area contributed by atoms with E-state index in [9.17, 15) is 9.59 Å². The number of esters is 1. The van der Waals surface area contributed by atoms with E-state index in [4.69, 9.17) is 4.74 Å². The number of hydrogen-bond donors (Lipinski definition) is 2. The van der Waals surface area contributed by atoms with Gasteiger partial charge in [0.2, 0.25) is 0 Å². The van der Waals surface area contributed by atoms with Crippen LogP contribution in [0.3, 0.4) is 0 Å². The molecule has 5 heteroatoms. The topological polar surface area (TPSA) is 67.4 Å². The first-order valence-electron chi connectivity index (χ1n) is 9.53. The van der Waals surface area contributed by atoms with E-state index in [1.165, 1.54) is 0 Å². The molecule has 148 valence electrons. The van der Waals surface area contributed by atoms with Gasteiger partial charge in [-0.1, -0.05) is 67.6 Å². The second-order valence-electron chi connectivity index (χ2n) is 6.73. The van der Waals surface area contributed by atoms with E-state index in [0.717, 1.165) is 11.3 Å². The van der Waals surface area contributed by atoms with Gasteiger partial charge in [-0.15, -0.1) is 0 Å². The van der Waals surface area contributed by atoms with Crippen LogP contribution in [0.2, 0.25) is 0 Å². The number of hydrogen-bond acceptors (Lipinski definition) is 4. The third-order valence-corrected chi connectivity index (χ3v) is 4.51. The number of anilines is 2. The molecular formula is C24H24N2O3. The fourth-order valence-corrected chi connectivity index (χ4v) is 2.87. The van der Waals surface area contributed by atoms with E-state index < -0.39 is 5.97 Å². The van der Waals surface area contributed by atoms with Crippen molar-refractivity contribution in [2.45, 2.75) is 12.8 Å². The number of carbonyl (C=O) groups excluding carboxylic acids is 2. The standard InChI is InChI=1S/C24H24N2O3/c1-18(19-10-4-2-5-11-19)16-25-23(27)17-29-24(28)21-14-8-9-15-22(21)26-20-12-6-3-7-13-20/h2-15,18,26H,16-17H2,1H3,(H,25,27)/t18-/m0/s1. The SMILES string of the molecule is C[C@@H](CNC(=O)COC(=O)c1ccccc1Nc1ccccc1)c1ccccc1. The maximum Gasteiger partial charge on any atom is 0.340 e. The fraction of sp³-hybridized carbons (Fsp3) is 0.167. The van der Waals surface area contributed by atoms with Crippen molar-refractivity contribution in [3.05, 3.63) is 96.1 Å². The molecule has 3 rings (SSSR count). The fourth-order valence-electron chi connectivity index (χ4n) is 2.87. The molecule has 29 heavy (non-hydrogen) atoms. The molecule has 1 atom stereocenters. The van der Waals surface area contributed by atoms with Crippen molar-refractivity contribution < 1.29 is 14.3 Å². The highest BCUT2D eigenvalue weighted by molar-refractivity contribution is 5.97. The summed E-state index contributed by atoms with van der Waals surface area (Å²) in [4.78, 5) is 24.6. The van der Waals surface area contributed by atoms with Crippen molar-refractivity contribution in [2.75, 3.05) is 18.5 Å². The first kappa shape index (κ1) is 20.1. The lowest BCUT2D eigenvalue weighted by Crippen LogP contribution is -2.31. The van der Waals surface area contributed by atoms with Crippen LogP contribution in [-0.4, -0.2) is 25.0 Å². The minimum Gasteiger partial charge on any atom is -0.452 e. The van der Waals surface area contributed by atoms with Crippen LogP contribution < -0.4 is 10.6 Å². The Hall–Kier alpha value is -3.60. The summed E-state index contributed by atoms with van der Waals surface area (Å²) in [7, 11) is 0. The van der Waals surface area contributed by atoms with Crippen LogP contribution in [0, 0.1) is 0 Å². The quantitative estimate of drug-likeness (QED) is 0.557. The van der Waals surface area contributed by atoms with Crippen LogP contribution in [0.25, 0.3) is 0 Å². The summed E-state index contributed by atoms with van der Waals surface area (Å²) >= 11 is 0. The molecule has 0 aromatic heterocycles. The highest BCUT2D eigenvalue weighted by Gasteiger charge is 2.15. The molecule has 0 aliphatic carbocycles. The summed E-state index contributed by atoms with van der Waals surface area (Å²) < 4.78 is 5.22. The third-order valence-electron chi connectivity index (χ3n) is 4.51. The lowest BCUT2D eigenvalue weighted by molar-refractivity contribution is -0.124. The smallest absolute Gasteiger partial charge is 0.340 e. The first-order valence-corrected chi connectivity index (χ1v) is 9.53. The zero-order valence-corrected chi connectivity index (χ0v) is 16.3. The zero-order valence-electron chi connectivity index (χ0n) is 16.3. The molecule has 1 amide bonds. The molecule has 2 N–H and O–H groups in total. The Morgan fingerprint density at radius 2 is 1.48 bits per heavy atom. The number of benzene rings is 3. The van der Waals surface area contributed by atoms with Crippen LogP contribution in [0.15, 0.2) is 84.9 Å². The molecule has 0 aliphatic rings. The number of ether oxygens (including phenoxy) is 1. The lowest BCUT2D eigenvalue weighted by atomic mass is 10.0. The Balaban J connectivity index is 1.52. The summed E-state index contributed by atoms with van der Waals surface area (Å²) in [5.74, 6) is -0.698. The van der Waals surface area contributed by atoms with Gasteiger partial charge in [-0.25, -0.2) is 4.79 Å². The predicted octanol–water partition coefficient (Wildman–Crippen LogP) is 4.51. The highest BCUT2D eigenvalue weighted by atomic mass is 16.5. The van der Waals surface area contributed by atoms with Crippen LogP contribution in [0.4, 0.5) is 11.4 Å². The van der Waals surface area contributed by atoms with E-state index in [-0.39, 0.29) is 18.4 Å². The van der Waals surface area contributed by atoms with E-state index in [1.54, 1.807) is 18.2 Å². The van der Waals surface area contributed by atoms with Gasteiger partial charge in [0.05, 0.1) is 11.3 Å². The average Bonchev–Trinajstić information content (AvgIpc) is 2.77. The third kappa shape index (κ3) is 5.94. The van der Waals surface area contributed by atoms with Gasteiger partial charge < -0.3 is 15.4 Å². The average molecular weight is 388 g/mol. The molecule has 0 aliphatic heterocycles. The van der Waals surface area contributed by atoms with Gasteiger partial charge >= 0.3 is 5.97 Å². The zero-order chi connectivity index (χ0) is 20.5. The Labute approximate surface area is 170 Å². The van der Waals surface area contributed by atoms with Gasteiger partial charge in [-0.3, -0.25) is 4.79 Å². The van der Waals surface area contributed by atoms with Crippen molar-refractivity contribution in [1.82, 2.24) is 5.32 Å². The number of carbonyl (C=O) groups is 2. The molecule has 0 saturated heterocycles. The predicted molar refractivity (Wildman–Crippen MR) is 114 cm³/mol. The molecule has 0 heterocycles. The van der Waals surface area contributed by atoms with Crippen molar-refractivity contribution in [2.24, 2.45) is 0 Å². The van der Waals surface area contributed by atoms with Gasteiger partial charge in [0.1, 0.15) is 0 Å². The Morgan fingerprint density at radius 3 is 2.21 bits per heavy atom. The van der Waals surface area contributed by atoms with Crippen molar-refractivity contribution in [3.63, 3.8) is 0 Å². The van der Waals surface area contributed by atoms with E-state index in [1.807, 2.05) is 73.7 Å². The largest absolute Gasteiger partial charge is 0.452 e. The van der Waals surface area contributed by atoms with Crippen LogP contribution in [0.5, 0.6) is 0 Å². The molecule has 3 aromatic carbocycles. The molecular weight excluding hydrogens is 364 g/mol. The summed E-state index contributed by atoms with van der Waals surface area (Å²) in [6.45, 7) is 2.19. The number of para-hydroxylation sites is 2. The van der Waals surface area contributed by atoms with Crippen LogP contribution in [-0.2, 0) is 9.53 Å². The Bertz CT molecular complexity index is 943. The van der Waals surface area contributed by atoms with Gasteiger partial charge in [-0.05, 0) is 35.7 Å². The minimum atomic E-state index is -0.546. The van der Waals surface area contributed by atoms with E-state index >= 15 is 0 Å². The summed E-state index contributed by atoms with van der Waals surface area (Å²) in [5, 5.41) is 6.01. The van der Waals surface area contributed by atoms with E-state index in [2.05, 4.69) is 10.6 Å². The Morgan fingerprint density at radius 1 is 0.862 bits per heavy atom. The number of nitrogens with one attached hydrogen (secondary N) is 2.